The third kappa shape index (κ3) is 4.77. The highest BCUT2D eigenvalue weighted by atomic mass is 32.2. The van der Waals surface area contributed by atoms with Crippen LogP contribution >= 0.6 is 11.3 Å². The molecule has 0 aliphatic carbocycles. The van der Waals surface area contributed by atoms with Crippen LogP contribution in [0, 0.1) is 0 Å². The van der Waals surface area contributed by atoms with Crippen LogP contribution in [0.1, 0.15) is 31.9 Å². The molecule has 6 nitrogen and oxygen atoms in total. The molecule has 0 aliphatic heterocycles. The van der Waals surface area contributed by atoms with Crippen molar-refractivity contribution in [2.24, 2.45) is 0 Å². The zero-order chi connectivity index (χ0) is 21.9. The van der Waals surface area contributed by atoms with Gasteiger partial charge in [0.25, 0.3) is 10.0 Å². The van der Waals surface area contributed by atoms with Crippen molar-refractivity contribution in [3.63, 3.8) is 0 Å². The largest absolute Gasteiger partial charge is 0.480 e. The minimum Gasteiger partial charge on any atom is -0.480 e. The van der Waals surface area contributed by atoms with Crippen molar-refractivity contribution in [3.8, 4) is 21.0 Å². The van der Waals surface area contributed by atoms with E-state index in [-0.39, 0.29) is 5.03 Å². The van der Waals surface area contributed by atoms with Crippen molar-refractivity contribution in [2.75, 3.05) is 0 Å². The summed E-state index contributed by atoms with van der Waals surface area (Å²) >= 11 is 1.28. The fraction of sp³-hybridized carbons (Fsp3) is 0.273. The molecule has 3 rings (SSSR count). The number of nitrogens with zero attached hydrogens (tertiary/aromatic N) is 1. The standard InChI is InChI=1S/C22H24N2O4S2/c1-4-15-6-10-17(11-7-15)19-21(30(27,28)24-14(3)22(25)26)23-20(29-19)18-12-8-16(5-2)9-13-18/h6-14,24H,4-5H2,1-3H3,(H,25,26)/t14-/m0/s1. The van der Waals surface area contributed by atoms with Gasteiger partial charge in [-0.3, -0.25) is 4.79 Å². The molecule has 0 radical (unpaired) electrons. The van der Waals surface area contributed by atoms with Gasteiger partial charge in [-0.2, -0.15) is 4.72 Å². The summed E-state index contributed by atoms with van der Waals surface area (Å²) in [6.45, 7) is 5.40. The summed E-state index contributed by atoms with van der Waals surface area (Å²) in [4.78, 5) is 16.1. The van der Waals surface area contributed by atoms with Crippen LogP contribution in [-0.2, 0) is 27.7 Å². The molecule has 2 aromatic carbocycles. The third-order valence-corrected chi connectivity index (χ3v) is 7.54. The second kappa shape index (κ2) is 9.07. The third-order valence-electron chi connectivity index (χ3n) is 4.79. The van der Waals surface area contributed by atoms with Crippen molar-refractivity contribution in [2.45, 2.75) is 44.7 Å². The maximum atomic E-state index is 13.0. The van der Waals surface area contributed by atoms with Crippen molar-refractivity contribution < 1.29 is 18.3 Å². The van der Waals surface area contributed by atoms with Crippen molar-refractivity contribution >= 4 is 27.3 Å². The number of nitrogens with one attached hydrogen (secondary N) is 1. The Balaban J connectivity index is 2.12. The molecule has 0 saturated carbocycles. The lowest BCUT2D eigenvalue weighted by molar-refractivity contribution is -0.138. The van der Waals surface area contributed by atoms with Crippen LogP contribution in [0.3, 0.4) is 0 Å². The molecular weight excluding hydrogens is 420 g/mol. The van der Waals surface area contributed by atoms with Gasteiger partial charge in [0, 0.05) is 5.56 Å². The molecule has 158 valence electrons. The van der Waals surface area contributed by atoms with Gasteiger partial charge in [0.05, 0.1) is 4.88 Å². The fourth-order valence-electron chi connectivity index (χ4n) is 2.91. The number of thiazole rings is 1. The highest BCUT2D eigenvalue weighted by molar-refractivity contribution is 7.89. The molecule has 0 spiro atoms. The van der Waals surface area contributed by atoms with E-state index in [1.54, 1.807) is 0 Å². The smallest absolute Gasteiger partial charge is 0.321 e. The number of carboxylic acid groups (broad SMARTS) is 1. The monoisotopic (exact) mass is 444 g/mol. The van der Waals surface area contributed by atoms with Crippen molar-refractivity contribution in [1.82, 2.24) is 9.71 Å². The Morgan fingerprint density at radius 1 is 1.00 bits per heavy atom. The zero-order valence-corrected chi connectivity index (χ0v) is 18.7. The predicted octanol–water partition coefficient (Wildman–Crippen LogP) is 4.35. The van der Waals surface area contributed by atoms with Gasteiger partial charge in [0.2, 0.25) is 0 Å². The second-order valence-corrected chi connectivity index (χ2v) is 9.56. The summed E-state index contributed by atoms with van der Waals surface area (Å²) in [5.74, 6) is -1.25. The van der Waals surface area contributed by atoms with Gasteiger partial charge in [0.15, 0.2) is 5.03 Å². The Hall–Kier alpha value is -2.55. The molecule has 2 N–H and O–H groups in total. The Morgan fingerprint density at radius 2 is 1.50 bits per heavy atom. The first-order valence-corrected chi connectivity index (χ1v) is 12.0. The molecule has 30 heavy (non-hydrogen) atoms. The number of benzene rings is 2. The van der Waals surface area contributed by atoms with Gasteiger partial charge < -0.3 is 5.11 Å². The van der Waals surface area contributed by atoms with Gasteiger partial charge in [0.1, 0.15) is 11.0 Å². The summed E-state index contributed by atoms with van der Waals surface area (Å²) in [5.41, 5.74) is 3.86. The van der Waals surface area contributed by atoms with Crippen molar-refractivity contribution in [1.29, 1.82) is 0 Å². The summed E-state index contributed by atoms with van der Waals surface area (Å²) in [5, 5.41) is 9.54. The van der Waals surface area contributed by atoms with E-state index in [1.807, 2.05) is 55.5 Å². The first-order chi connectivity index (χ1) is 14.2. The Kier molecular flexibility index (Phi) is 6.70. The average Bonchev–Trinajstić information content (AvgIpc) is 3.20. The number of aliphatic carboxylic acids is 1. The van der Waals surface area contributed by atoms with Crippen LogP contribution in [0.15, 0.2) is 53.6 Å². The van der Waals surface area contributed by atoms with E-state index in [2.05, 4.69) is 16.6 Å². The molecule has 1 atom stereocenters. The molecule has 0 unspecified atom stereocenters. The quantitative estimate of drug-likeness (QED) is 0.538. The number of hydrogen-bond acceptors (Lipinski definition) is 5. The number of aryl methyl sites for hydroxylation is 2. The average molecular weight is 445 g/mol. The molecule has 3 aromatic rings. The normalized spacial score (nSPS) is 12.6. The minimum absolute atomic E-state index is 0.153. The number of rotatable bonds is 8. The van der Waals surface area contributed by atoms with Crippen molar-refractivity contribution in [3.05, 3.63) is 59.7 Å². The lowest BCUT2D eigenvalue weighted by Crippen LogP contribution is -2.38. The Morgan fingerprint density at radius 3 is 1.97 bits per heavy atom. The van der Waals surface area contributed by atoms with Gasteiger partial charge in [-0.1, -0.05) is 62.4 Å². The van der Waals surface area contributed by atoms with Crippen LogP contribution in [-0.4, -0.2) is 30.5 Å². The van der Waals surface area contributed by atoms with E-state index in [0.29, 0.717) is 9.88 Å². The van der Waals surface area contributed by atoms with Crippen LogP contribution in [0.2, 0.25) is 0 Å². The minimum atomic E-state index is -4.13. The predicted molar refractivity (Wildman–Crippen MR) is 119 cm³/mol. The summed E-state index contributed by atoms with van der Waals surface area (Å²) < 4.78 is 28.2. The first-order valence-electron chi connectivity index (χ1n) is 9.69. The maximum Gasteiger partial charge on any atom is 0.321 e. The van der Waals surface area contributed by atoms with Gasteiger partial charge in [-0.05, 0) is 36.5 Å². The van der Waals surface area contributed by atoms with Gasteiger partial charge >= 0.3 is 5.97 Å². The van der Waals surface area contributed by atoms with E-state index < -0.39 is 22.0 Å². The topological polar surface area (TPSA) is 96.4 Å². The zero-order valence-electron chi connectivity index (χ0n) is 17.0. The lowest BCUT2D eigenvalue weighted by Gasteiger charge is -2.10. The molecule has 0 aliphatic rings. The van der Waals surface area contributed by atoms with Crippen LogP contribution < -0.4 is 4.72 Å². The molecule has 8 heteroatoms. The molecule has 0 amide bonds. The number of sulfonamides is 1. The van der Waals surface area contributed by atoms with Crippen LogP contribution in [0.4, 0.5) is 0 Å². The maximum absolute atomic E-state index is 13.0. The van der Waals surface area contributed by atoms with E-state index in [1.165, 1.54) is 23.8 Å². The van der Waals surface area contributed by atoms with Crippen LogP contribution in [0.5, 0.6) is 0 Å². The van der Waals surface area contributed by atoms with Gasteiger partial charge in [-0.15, -0.1) is 11.3 Å². The Labute approximate surface area is 180 Å². The second-order valence-electron chi connectivity index (χ2n) is 6.94. The van der Waals surface area contributed by atoms with E-state index in [0.717, 1.165) is 29.5 Å². The summed E-state index contributed by atoms with van der Waals surface area (Å²) in [7, 11) is -4.13. The Bertz CT molecular complexity index is 1130. The molecule has 1 aromatic heterocycles. The molecule has 1 heterocycles. The highest BCUT2D eigenvalue weighted by Gasteiger charge is 2.29. The molecule has 0 bridgehead atoms. The lowest BCUT2D eigenvalue weighted by atomic mass is 10.1. The summed E-state index contributed by atoms with van der Waals surface area (Å²) in [6, 6.07) is 14.2. The van der Waals surface area contributed by atoms with E-state index in [4.69, 9.17) is 5.11 Å². The fourth-order valence-corrected chi connectivity index (χ4v) is 5.64. The number of aromatic nitrogens is 1. The van der Waals surface area contributed by atoms with E-state index >= 15 is 0 Å². The molecular formula is C22H24N2O4S2. The molecule has 0 fully saturated rings. The number of carboxylic acids is 1. The first kappa shape index (κ1) is 22.1. The SMILES string of the molecule is CCc1ccc(-c2nc(S(=O)(=O)N[C@@H](C)C(=O)O)c(-c3ccc(CC)cc3)s2)cc1. The summed E-state index contributed by atoms with van der Waals surface area (Å²) in [6.07, 6.45) is 1.78. The molecule has 0 saturated heterocycles. The van der Waals surface area contributed by atoms with Crippen LogP contribution in [0.25, 0.3) is 21.0 Å². The highest BCUT2D eigenvalue weighted by Crippen LogP contribution is 2.38. The number of hydrogen-bond donors (Lipinski definition) is 2. The van der Waals surface area contributed by atoms with Gasteiger partial charge in [-0.25, -0.2) is 13.4 Å². The van der Waals surface area contributed by atoms with E-state index in [9.17, 15) is 13.2 Å². The number of carbonyl (C=O) groups is 1.